The number of morpholine rings is 1. The summed E-state index contributed by atoms with van der Waals surface area (Å²) in [7, 11) is 1.77. The molecule has 16 heavy (non-hydrogen) atoms. The maximum absolute atomic E-state index is 11.3. The Labute approximate surface area is 103 Å². The molecule has 0 aromatic heterocycles. The van der Waals surface area contributed by atoms with E-state index in [1.165, 1.54) is 0 Å². The number of likely N-dealkylation sites (N-methyl/N-ethyl adjacent to an activating group) is 1. The third kappa shape index (κ3) is 6.27. The zero-order chi connectivity index (χ0) is 11.1. The molecule has 1 saturated heterocycles. The zero-order valence-corrected chi connectivity index (χ0v) is 10.8. The Hall–Kier alpha value is -0.360. The maximum Gasteiger partial charge on any atom is 0.234 e. The molecule has 6 heteroatoms. The van der Waals surface area contributed by atoms with E-state index in [0.29, 0.717) is 6.54 Å². The molecular weight excluding hydrogens is 230 g/mol. The second-order valence-corrected chi connectivity index (χ2v) is 3.91. The second kappa shape index (κ2) is 8.75. The van der Waals surface area contributed by atoms with Crippen molar-refractivity contribution >= 4 is 18.3 Å². The summed E-state index contributed by atoms with van der Waals surface area (Å²) >= 11 is 0. The van der Waals surface area contributed by atoms with Gasteiger partial charge in [0.2, 0.25) is 5.91 Å². The number of ether oxygens (including phenoxy) is 1. The lowest BCUT2D eigenvalue weighted by Crippen LogP contribution is -2.47. The van der Waals surface area contributed by atoms with Gasteiger partial charge in [-0.1, -0.05) is 0 Å². The van der Waals surface area contributed by atoms with Gasteiger partial charge in [0.15, 0.2) is 0 Å². The van der Waals surface area contributed by atoms with Gasteiger partial charge in [-0.25, -0.2) is 0 Å². The number of carbonyl (C=O) groups is 1. The number of amides is 1. The number of nitrogens with one attached hydrogen (secondary N) is 2. The fourth-order valence-corrected chi connectivity index (χ4v) is 1.70. The van der Waals surface area contributed by atoms with Gasteiger partial charge in [0, 0.05) is 25.7 Å². The van der Waals surface area contributed by atoms with Crippen molar-refractivity contribution in [1.29, 1.82) is 0 Å². The van der Waals surface area contributed by atoms with Crippen molar-refractivity contribution < 1.29 is 9.53 Å². The lowest BCUT2D eigenvalue weighted by atomic mass is 10.3. The highest BCUT2D eigenvalue weighted by Crippen LogP contribution is 1.98. The van der Waals surface area contributed by atoms with Crippen LogP contribution in [0.3, 0.4) is 0 Å². The van der Waals surface area contributed by atoms with Crippen molar-refractivity contribution in [3.8, 4) is 0 Å². The fourth-order valence-electron chi connectivity index (χ4n) is 1.70. The molecule has 1 aliphatic heterocycles. The molecule has 0 aromatic rings. The van der Waals surface area contributed by atoms with Gasteiger partial charge in [0.25, 0.3) is 0 Å². The molecule has 1 rings (SSSR count). The molecule has 0 spiro atoms. The molecule has 1 atom stereocenters. The van der Waals surface area contributed by atoms with Crippen LogP contribution in [0.4, 0.5) is 0 Å². The lowest BCUT2D eigenvalue weighted by Gasteiger charge is -2.29. The molecule has 96 valence electrons. The summed E-state index contributed by atoms with van der Waals surface area (Å²) in [5, 5.41) is 5.77. The minimum atomic E-state index is 0. The van der Waals surface area contributed by atoms with Gasteiger partial charge < -0.3 is 15.4 Å². The molecule has 1 unspecified atom stereocenters. The number of halogens is 1. The zero-order valence-electron chi connectivity index (χ0n) is 9.99. The van der Waals surface area contributed by atoms with Gasteiger partial charge in [-0.2, -0.15) is 0 Å². The molecule has 0 saturated carbocycles. The highest BCUT2D eigenvalue weighted by molar-refractivity contribution is 5.85. The third-order valence-electron chi connectivity index (χ3n) is 2.38. The standard InChI is InChI=1S/C10H21N3O2.ClH/c1-9(12-10(14)7-11-2)8-13-3-5-15-6-4-13;/h9,11H,3-8H2,1-2H3,(H,12,14);1H. The second-order valence-electron chi connectivity index (χ2n) is 3.91. The van der Waals surface area contributed by atoms with E-state index in [2.05, 4.69) is 15.5 Å². The molecule has 0 aromatic carbocycles. The van der Waals surface area contributed by atoms with E-state index in [0.717, 1.165) is 32.8 Å². The summed E-state index contributed by atoms with van der Waals surface area (Å²) in [4.78, 5) is 13.6. The molecule has 1 aliphatic rings. The van der Waals surface area contributed by atoms with Crippen molar-refractivity contribution in [2.24, 2.45) is 0 Å². The van der Waals surface area contributed by atoms with E-state index >= 15 is 0 Å². The summed E-state index contributed by atoms with van der Waals surface area (Å²) in [6.45, 7) is 6.85. The number of hydrogen-bond donors (Lipinski definition) is 2. The van der Waals surface area contributed by atoms with E-state index in [4.69, 9.17) is 4.74 Å². The van der Waals surface area contributed by atoms with Gasteiger partial charge in [-0.15, -0.1) is 12.4 Å². The monoisotopic (exact) mass is 251 g/mol. The van der Waals surface area contributed by atoms with Crippen LogP contribution in [0.15, 0.2) is 0 Å². The number of nitrogens with zero attached hydrogens (tertiary/aromatic N) is 1. The van der Waals surface area contributed by atoms with E-state index in [1.807, 2.05) is 6.92 Å². The summed E-state index contributed by atoms with van der Waals surface area (Å²) in [6.07, 6.45) is 0. The van der Waals surface area contributed by atoms with Gasteiger partial charge >= 0.3 is 0 Å². The lowest BCUT2D eigenvalue weighted by molar-refractivity contribution is -0.120. The van der Waals surface area contributed by atoms with E-state index < -0.39 is 0 Å². The molecule has 0 radical (unpaired) electrons. The fraction of sp³-hybridized carbons (Fsp3) is 0.900. The van der Waals surface area contributed by atoms with Crippen molar-refractivity contribution in [3.05, 3.63) is 0 Å². The van der Waals surface area contributed by atoms with E-state index in [-0.39, 0.29) is 24.4 Å². The van der Waals surface area contributed by atoms with Crippen molar-refractivity contribution in [2.45, 2.75) is 13.0 Å². The molecule has 2 N–H and O–H groups in total. The smallest absolute Gasteiger partial charge is 0.234 e. The predicted molar refractivity (Wildman–Crippen MR) is 66.0 cm³/mol. The van der Waals surface area contributed by atoms with Crippen LogP contribution in [0.1, 0.15) is 6.92 Å². The SMILES string of the molecule is CNCC(=O)NC(C)CN1CCOCC1.Cl. The maximum atomic E-state index is 11.3. The van der Waals surface area contributed by atoms with Crippen molar-refractivity contribution in [3.63, 3.8) is 0 Å². The topological polar surface area (TPSA) is 53.6 Å². The first-order valence-corrected chi connectivity index (χ1v) is 5.46. The van der Waals surface area contributed by atoms with Gasteiger partial charge in [-0.3, -0.25) is 9.69 Å². The Kier molecular flexibility index (Phi) is 8.56. The van der Waals surface area contributed by atoms with Crippen molar-refractivity contribution in [2.75, 3.05) is 46.4 Å². The van der Waals surface area contributed by atoms with Crippen LogP contribution >= 0.6 is 12.4 Å². The molecule has 0 bridgehead atoms. The van der Waals surface area contributed by atoms with Crippen molar-refractivity contribution in [1.82, 2.24) is 15.5 Å². The van der Waals surface area contributed by atoms with Crippen LogP contribution in [-0.4, -0.2) is 63.3 Å². The molecule has 1 fully saturated rings. The minimum absolute atomic E-state index is 0. The van der Waals surface area contributed by atoms with Gasteiger partial charge in [0.05, 0.1) is 19.8 Å². The van der Waals surface area contributed by atoms with Crippen LogP contribution in [0, 0.1) is 0 Å². The van der Waals surface area contributed by atoms with Crippen LogP contribution in [0.25, 0.3) is 0 Å². The first-order chi connectivity index (χ1) is 7.22. The molecule has 0 aliphatic carbocycles. The molecule has 1 heterocycles. The molecular formula is C10H22ClN3O2. The summed E-state index contributed by atoms with van der Waals surface area (Å²) in [5.41, 5.74) is 0. The Balaban J connectivity index is 0.00000225. The Bertz CT molecular complexity index is 199. The Morgan fingerprint density at radius 1 is 1.44 bits per heavy atom. The van der Waals surface area contributed by atoms with Gasteiger partial charge in [0.1, 0.15) is 0 Å². The molecule has 5 nitrogen and oxygen atoms in total. The normalized spacial score (nSPS) is 18.6. The van der Waals surface area contributed by atoms with Crippen LogP contribution in [0.5, 0.6) is 0 Å². The summed E-state index contributed by atoms with van der Waals surface area (Å²) in [5.74, 6) is 0.0539. The van der Waals surface area contributed by atoms with E-state index in [1.54, 1.807) is 7.05 Å². The molecule has 1 amide bonds. The average Bonchev–Trinajstić information content (AvgIpc) is 2.19. The predicted octanol–water partition coefficient (Wildman–Crippen LogP) is -0.535. The average molecular weight is 252 g/mol. The largest absolute Gasteiger partial charge is 0.379 e. The van der Waals surface area contributed by atoms with Gasteiger partial charge in [-0.05, 0) is 14.0 Å². The first kappa shape index (κ1) is 15.6. The Morgan fingerprint density at radius 2 is 2.06 bits per heavy atom. The summed E-state index contributed by atoms with van der Waals surface area (Å²) < 4.78 is 5.26. The Morgan fingerprint density at radius 3 is 2.62 bits per heavy atom. The quantitative estimate of drug-likeness (QED) is 0.690. The van der Waals surface area contributed by atoms with Crippen LogP contribution in [-0.2, 0) is 9.53 Å². The number of carbonyl (C=O) groups excluding carboxylic acids is 1. The number of rotatable bonds is 5. The summed E-state index contributed by atoms with van der Waals surface area (Å²) in [6, 6.07) is 0.198. The highest BCUT2D eigenvalue weighted by Gasteiger charge is 2.14. The minimum Gasteiger partial charge on any atom is -0.379 e. The van der Waals surface area contributed by atoms with Crippen LogP contribution in [0.2, 0.25) is 0 Å². The third-order valence-corrected chi connectivity index (χ3v) is 2.38. The van der Waals surface area contributed by atoms with Crippen LogP contribution < -0.4 is 10.6 Å². The highest BCUT2D eigenvalue weighted by atomic mass is 35.5. The first-order valence-electron chi connectivity index (χ1n) is 5.46. The van der Waals surface area contributed by atoms with E-state index in [9.17, 15) is 4.79 Å². The number of hydrogen-bond acceptors (Lipinski definition) is 4.